The third-order valence-corrected chi connectivity index (χ3v) is 2.48. The Kier molecular flexibility index (Phi) is 4.05. The molecule has 14 heavy (non-hydrogen) atoms. The van der Waals surface area contributed by atoms with E-state index < -0.39 is 10.9 Å². The maximum absolute atomic E-state index is 9.58. The molecule has 1 rings (SSSR count). The summed E-state index contributed by atoms with van der Waals surface area (Å²) in [6.07, 6.45) is -0.858. The first-order chi connectivity index (χ1) is 6.56. The zero-order valence-electron chi connectivity index (χ0n) is 8.00. The molecule has 78 valence electrons. The number of aliphatic hydroxyl groups is 1. The molecule has 0 amide bonds. The van der Waals surface area contributed by atoms with Gasteiger partial charge in [0.1, 0.15) is 16.7 Å². The second kappa shape index (κ2) is 4.87. The Balaban J connectivity index is 2.96. The topological polar surface area (TPSA) is 29.5 Å². The summed E-state index contributed by atoms with van der Waals surface area (Å²) in [5.74, 6) is 0.779. The van der Waals surface area contributed by atoms with Crippen LogP contribution in [0, 0.1) is 6.92 Å². The molecule has 1 aromatic rings. The summed E-state index contributed by atoms with van der Waals surface area (Å²) in [6.45, 7) is 1.90. The smallest absolute Gasteiger partial charge is 0.137 e. The third-order valence-electron chi connectivity index (χ3n) is 2.00. The predicted octanol–water partition coefficient (Wildman–Crippen LogP) is 2.84. The van der Waals surface area contributed by atoms with Crippen LogP contribution in [0.4, 0.5) is 0 Å². The quantitative estimate of drug-likeness (QED) is 0.816. The molecule has 0 radical (unpaired) electrons. The van der Waals surface area contributed by atoms with Crippen molar-refractivity contribution in [1.82, 2.24) is 0 Å². The van der Waals surface area contributed by atoms with Gasteiger partial charge in [0.25, 0.3) is 0 Å². The third kappa shape index (κ3) is 2.53. The van der Waals surface area contributed by atoms with Gasteiger partial charge in [-0.2, -0.15) is 0 Å². The lowest BCUT2D eigenvalue weighted by Gasteiger charge is -2.13. The van der Waals surface area contributed by atoms with E-state index in [1.165, 1.54) is 0 Å². The fourth-order valence-electron chi connectivity index (χ4n) is 1.23. The number of aryl methyl sites for hydroxylation is 1. The predicted molar refractivity (Wildman–Crippen MR) is 58.2 cm³/mol. The molecule has 0 fully saturated rings. The van der Waals surface area contributed by atoms with Crippen molar-refractivity contribution in [3.05, 3.63) is 29.3 Å². The second-order valence-electron chi connectivity index (χ2n) is 3.01. The van der Waals surface area contributed by atoms with E-state index in [0.29, 0.717) is 5.56 Å². The summed E-state index contributed by atoms with van der Waals surface area (Å²) in [5.41, 5.74) is 1.64. The Hall–Kier alpha value is -0.440. The van der Waals surface area contributed by atoms with Crippen LogP contribution in [0.25, 0.3) is 0 Å². The van der Waals surface area contributed by atoms with Crippen LogP contribution in [0.15, 0.2) is 18.2 Å². The molecule has 4 heteroatoms. The summed E-state index contributed by atoms with van der Waals surface area (Å²) in [6, 6.07) is 5.33. The van der Waals surface area contributed by atoms with Gasteiger partial charge < -0.3 is 9.84 Å². The minimum atomic E-state index is -0.858. The Morgan fingerprint density at radius 2 is 2.00 bits per heavy atom. The highest BCUT2D eigenvalue weighted by Gasteiger charge is 2.16. The Morgan fingerprint density at radius 3 is 2.43 bits per heavy atom. The molecular formula is C10H12Cl2O2. The molecule has 0 saturated heterocycles. The molecule has 2 nitrogen and oxygen atoms in total. The van der Waals surface area contributed by atoms with Crippen LogP contribution in [-0.4, -0.2) is 17.1 Å². The zero-order chi connectivity index (χ0) is 10.7. The van der Waals surface area contributed by atoms with Crippen molar-refractivity contribution in [2.75, 3.05) is 7.11 Å². The average molecular weight is 235 g/mol. The van der Waals surface area contributed by atoms with E-state index in [1.54, 1.807) is 25.3 Å². The van der Waals surface area contributed by atoms with Crippen molar-refractivity contribution >= 4 is 23.2 Å². The number of hydrogen-bond donors (Lipinski definition) is 1. The number of alkyl halides is 2. The maximum atomic E-state index is 9.58. The van der Waals surface area contributed by atoms with E-state index in [4.69, 9.17) is 27.9 Å². The Bertz CT molecular complexity index is 313. The largest absolute Gasteiger partial charge is 0.496 e. The lowest BCUT2D eigenvalue weighted by Crippen LogP contribution is -2.06. The Labute approximate surface area is 93.4 Å². The van der Waals surface area contributed by atoms with Crippen molar-refractivity contribution in [1.29, 1.82) is 0 Å². The van der Waals surface area contributed by atoms with E-state index in [2.05, 4.69) is 0 Å². The number of rotatable bonds is 3. The molecule has 1 N–H and O–H groups in total. The normalized spacial score (nSPS) is 13.0. The van der Waals surface area contributed by atoms with Crippen molar-refractivity contribution in [3.8, 4) is 5.75 Å². The minimum absolute atomic E-state index is 0.693. The van der Waals surface area contributed by atoms with Gasteiger partial charge in [0, 0.05) is 0 Å². The molecule has 0 aromatic heterocycles. The molecule has 0 bridgehead atoms. The lowest BCUT2D eigenvalue weighted by molar-refractivity contribution is 0.192. The molecule has 0 heterocycles. The number of methoxy groups -OCH3 is 1. The first-order valence-electron chi connectivity index (χ1n) is 4.17. The number of ether oxygens (including phenoxy) is 1. The van der Waals surface area contributed by atoms with Crippen LogP contribution >= 0.6 is 23.2 Å². The summed E-state index contributed by atoms with van der Waals surface area (Å²) in [4.78, 5) is -0.817. The fraction of sp³-hybridized carbons (Fsp3) is 0.400. The van der Waals surface area contributed by atoms with Crippen LogP contribution < -0.4 is 4.74 Å². The van der Waals surface area contributed by atoms with Gasteiger partial charge in [-0.3, -0.25) is 0 Å². The molecule has 1 aromatic carbocycles. The Morgan fingerprint density at radius 1 is 1.36 bits per heavy atom. The molecule has 0 spiro atoms. The van der Waals surface area contributed by atoms with Gasteiger partial charge in [0.2, 0.25) is 0 Å². The SMILES string of the molecule is COc1ccc(C(O)C(Cl)Cl)cc1C. The molecule has 0 aliphatic carbocycles. The van der Waals surface area contributed by atoms with Gasteiger partial charge in [0.05, 0.1) is 7.11 Å². The summed E-state index contributed by atoms with van der Waals surface area (Å²) in [5, 5.41) is 9.58. The second-order valence-corrected chi connectivity index (χ2v) is 4.17. The van der Waals surface area contributed by atoms with Gasteiger partial charge >= 0.3 is 0 Å². The van der Waals surface area contributed by atoms with Gasteiger partial charge in [-0.1, -0.05) is 6.07 Å². The van der Waals surface area contributed by atoms with Crippen molar-refractivity contribution in [3.63, 3.8) is 0 Å². The first-order valence-corrected chi connectivity index (χ1v) is 5.04. The van der Waals surface area contributed by atoms with E-state index in [9.17, 15) is 5.11 Å². The number of benzene rings is 1. The molecular weight excluding hydrogens is 223 g/mol. The van der Waals surface area contributed by atoms with Gasteiger partial charge in [-0.15, -0.1) is 23.2 Å². The highest BCUT2D eigenvalue weighted by molar-refractivity contribution is 6.44. The van der Waals surface area contributed by atoms with E-state index in [0.717, 1.165) is 11.3 Å². The van der Waals surface area contributed by atoms with Crippen LogP contribution in [-0.2, 0) is 0 Å². The minimum Gasteiger partial charge on any atom is -0.496 e. The molecule has 0 saturated carbocycles. The van der Waals surface area contributed by atoms with Crippen LogP contribution in [0.5, 0.6) is 5.75 Å². The number of hydrogen-bond acceptors (Lipinski definition) is 2. The maximum Gasteiger partial charge on any atom is 0.137 e. The van der Waals surface area contributed by atoms with Crippen LogP contribution in [0.1, 0.15) is 17.2 Å². The van der Waals surface area contributed by atoms with Crippen molar-refractivity contribution in [2.45, 2.75) is 17.9 Å². The van der Waals surface area contributed by atoms with Crippen LogP contribution in [0.3, 0.4) is 0 Å². The van der Waals surface area contributed by atoms with Crippen LogP contribution in [0.2, 0.25) is 0 Å². The van der Waals surface area contributed by atoms with E-state index >= 15 is 0 Å². The lowest BCUT2D eigenvalue weighted by atomic mass is 10.1. The highest BCUT2D eigenvalue weighted by Crippen LogP contribution is 2.27. The van der Waals surface area contributed by atoms with E-state index in [1.807, 2.05) is 6.92 Å². The molecule has 0 aliphatic heterocycles. The van der Waals surface area contributed by atoms with Crippen molar-refractivity contribution < 1.29 is 9.84 Å². The molecule has 1 atom stereocenters. The van der Waals surface area contributed by atoms with Gasteiger partial charge in [0.15, 0.2) is 0 Å². The average Bonchev–Trinajstić information content (AvgIpc) is 2.16. The highest BCUT2D eigenvalue weighted by atomic mass is 35.5. The molecule has 1 unspecified atom stereocenters. The number of aliphatic hydroxyl groups excluding tert-OH is 1. The first kappa shape index (κ1) is 11.6. The van der Waals surface area contributed by atoms with Gasteiger partial charge in [-0.25, -0.2) is 0 Å². The zero-order valence-corrected chi connectivity index (χ0v) is 9.51. The fourth-order valence-corrected chi connectivity index (χ4v) is 1.52. The summed E-state index contributed by atoms with van der Waals surface area (Å²) < 4.78 is 5.09. The molecule has 0 aliphatic rings. The van der Waals surface area contributed by atoms with E-state index in [-0.39, 0.29) is 0 Å². The summed E-state index contributed by atoms with van der Waals surface area (Å²) in [7, 11) is 1.60. The van der Waals surface area contributed by atoms with Crippen molar-refractivity contribution in [2.24, 2.45) is 0 Å². The standard InChI is InChI=1S/C10H12Cl2O2/c1-6-5-7(9(13)10(11)12)3-4-8(6)14-2/h3-5,9-10,13H,1-2H3. The van der Waals surface area contributed by atoms with Gasteiger partial charge in [-0.05, 0) is 30.2 Å². The monoisotopic (exact) mass is 234 g/mol. The number of halogens is 2. The summed E-state index contributed by atoms with van der Waals surface area (Å²) >= 11 is 11.1.